The summed E-state index contributed by atoms with van der Waals surface area (Å²) in [6.45, 7) is 17.6. The van der Waals surface area contributed by atoms with Crippen LogP contribution in [-0.4, -0.2) is 135 Å². The van der Waals surface area contributed by atoms with Crippen molar-refractivity contribution in [1.29, 1.82) is 0 Å². The minimum Gasteiger partial charge on any atom is -0.452 e. The molecule has 352 valence electrons. The van der Waals surface area contributed by atoms with E-state index in [4.69, 9.17) is 14.2 Å². The van der Waals surface area contributed by atoms with Gasteiger partial charge < -0.3 is 34.6 Å². The fourth-order valence-corrected chi connectivity index (χ4v) is 7.90. The van der Waals surface area contributed by atoms with Gasteiger partial charge in [0.15, 0.2) is 5.78 Å². The lowest BCUT2D eigenvalue weighted by Gasteiger charge is -2.36. The van der Waals surface area contributed by atoms with Crippen LogP contribution < -0.4 is 10.6 Å². The van der Waals surface area contributed by atoms with Gasteiger partial charge in [-0.25, -0.2) is 4.79 Å². The second-order valence-corrected chi connectivity index (χ2v) is 17.6. The number of Topliss-reactive ketones (excluding diaryl/α,β-unsaturated/α-hetero) is 1. The van der Waals surface area contributed by atoms with Gasteiger partial charge in [0.25, 0.3) is 0 Å². The Labute approximate surface area is 377 Å². The number of nitrogens with zero attached hydrogens (tertiary/aromatic N) is 3. The van der Waals surface area contributed by atoms with E-state index in [-0.39, 0.29) is 59.8 Å². The molecule has 0 spiro atoms. The monoisotopic (exact) mass is 880 g/mol. The first-order chi connectivity index (χ1) is 29.7. The highest BCUT2D eigenvalue weighted by Gasteiger charge is 2.41. The van der Waals surface area contributed by atoms with Crippen LogP contribution in [0.5, 0.6) is 0 Å². The number of esters is 1. The van der Waals surface area contributed by atoms with Crippen LogP contribution in [-0.2, 0) is 33.4 Å². The van der Waals surface area contributed by atoms with E-state index in [1.165, 1.54) is 51.0 Å². The van der Waals surface area contributed by atoms with E-state index in [0.29, 0.717) is 24.1 Å². The molecule has 14 heteroatoms. The lowest BCUT2D eigenvalue weighted by atomic mass is 9.93. The van der Waals surface area contributed by atoms with Crippen molar-refractivity contribution in [3.63, 3.8) is 0 Å². The Kier molecular flexibility index (Phi) is 23.2. The Morgan fingerprint density at radius 2 is 1.37 bits per heavy atom. The van der Waals surface area contributed by atoms with Crippen LogP contribution in [0.15, 0.2) is 54.6 Å². The number of hydrogen-bond acceptors (Lipinski definition) is 10. The van der Waals surface area contributed by atoms with Crippen LogP contribution in [0.3, 0.4) is 0 Å². The maximum absolute atomic E-state index is 13.9. The number of rotatable bonds is 22. The maximum Gasteiger partial charge on any atom is 0.338 e. The summed E-state index contributed by atoms with van der Waals surface area (Å²) >= 11 is 0. The fourth-order valence-electron chi connectivity index (χ4n) is 7.90. The number of methoxy groups -OCH3 is 2. The van der Waals surface area contributed by atoms with Gasteiger partial charge in [-0.3, -0.25) is 28.9 Å². The molecule has 1 aliphatic heterocycles. The first-order valence-corrected chi connectivity index (χ1v) is 22.5. The van der Waals surface area contributed by atoms with Gasteiger partial charge in [0.2, 0.25) is 23.6 Å². The van der Waals surface area contributed by atoms with Crippen LogP contribution >= 0.6 is 0 Å². The smallest absolute Gasteiger partial charge is 0.338 e. The molecule has 0 aliphatic carbocycles. The summed E-state index contributed by atoms with van der Waals surface area (Å²) in [5.41, 5.74) is 1.43. The van der Waals surface area contributed by atoms with Gasteiger partial charge in [0.1, 0.15) is 12.1 Å². The third-order valence-electron chi connectivity index (χ3n) is 11.7. The number of ketones is 1. The molecule has 0 radical (unpaired) electrons. The van der Waals surface area contributed by atoms with Crippen LogP contribution in [0, 0.1) is 17.8 Å². The minimum absolute atomic E-state index is 0.00494. The molecule has 2 aromatic carbocycles. The summed E-state index contributed by atoms with van der Waals surface area (Å²) in [5.74, 6) is -2.57. The number of amides is 4. The van der Waals surface area contributed by atoms with E-state index < -0.39 is 54.4 Å². The molecule has 2 N–H and O–H groups in total. The normalized spacial score (nSPS) is 17.1. The zero-order valence-electron chi connectivity index (χ0n) is 40.4. The van der Waals surface area contributed by atoms with Crippen molar-refractivity contribution in [3.05, 3.63) is 71.3 Å². The fraction of sp³-hybridized carbons (Fsp3) is 0.633. The number of carbonyl (C=O) groups is 6. The molecular weight excluding hydrogens is 803 g/mol. The second kappa shape index (κ2) is 26.8. The standard InChI is InChI=1S/C45H67N5O9.C4H10/c1-27(2)38(47-43(54)39(28(3)4)48(8)9)44(55)49(10)26-35(57-11)25-37(52)50-24-16-19-36(50)40(58-12)29(5)42(53)46-30(6)41(33-17-14-13-15-18-33)59-45(56)34-22-20-32(21-23-34)31(7)51;1-3-4-2/h13-15,17-18,20-23,27-30,35-36,38-41H,16,19,24-26H2,1-12H3,(H,46,53)(H,47,54);3-4H2,1-2H3/t29?,30?,35?,36?,38-,39?,40?,41?;/m0./s1. The summed E-state index contributed by atoms with van der Waals surface area (Å²) in [6, 6.07) is 13.1. The van der Waals surface area contributed by atoms with Crippen LogP contribution in [0.1, 0.15) is 127 Å². The van der Waals surface area contributed by atoms with Gasteiger partial charge in [-0.2, -0.15) is 0 Å². The topological polar surface area (TPSA) is 164 Å². The quantitative estimate of drug-likeness (QED) is 0.101. The average molecular weight is 880 g/mol. The van der Waals surface area contributed by atoms with Gasteiger partial charge in [0.05, 0.1) is 48.2 Å². The zero-order chi connectivity index (χ0) is 47.6. The molecular formula is C49H77N5O9. The number of unbranched alkanes of at least 4 members (excludes halogenated alkanes) is 1. The third-order valence-corrected chi connectivity index (χ3v) is 11.7. The molecule has 7 unspecified atom stereocenters. The van der Waals surface area contributed by atoms with Crippen molar-refractivity contribution in [2.45, 2.75) is 137 Å². The van der Waals surface area contributed by atoms with Gasteiger partial charge in [-0.05, 0) is 70.3 Å². The van der Waals surface area contributed by atoms with Crippen LogP contribution in [0.2, 0.25) is 0 Å². The number of hydrogen-bond donors (Lipinski definition) is 2. The highest BCUT2D eigenvalue weighted by molar-refractivity contribution is 5.96. The predicted octanol–water partition coefficient (Wildman–Crippen LogP) is 6.33. The van der Waals surface area contributed by atoms with Crippen molar-refractivity contribution in [1.82, 2.24) is 25.3 Å². The second-order valence-electron chi connectivity index (χ2n) is 17.6. The van der Waals surface area contributed by atoms with Crippen molar-refractivity contribution < 1.29 is 43.0 Å². The molecule has 1 fully saturated rings. The lowest BCUT2D eigenvalue weighted by Crippen LogP contribution is -2.56. The third kappa shape index (κ3) is 16.1. The van der Waals surface area contributed by atoms with Crippen molar-refractivity contribution in [2.24, 2.45) is 17.8 Å². The Morgan fingerprint density at radius 3 is 1.86 bits per heavy atom. The molecule has 0 bridgehead atoms. The van der Waals surface area contributed by atoms with Gasteiger partial charge >= 0.3 is 5.97 Å². The molecule has 4 amide bonds. The maximum atomic E-state index is 13.9. The van der Waals surface area contributed by atoms with Crippen LogP contribution in [0.4, 0.5) is 0 Å². The average Bonchev–Trinajstić information content (AvgIpc) is 3.74. The first kappa shape index (κ1) is 54.5. The number of nitrogens with one attached hydrogen (secondary N) is 2. The Morgan fingerprint density at radius 1 is 0.778 bits per heavy atom. The molecule has 3 rings (SSSR count). The SMILES string of the molecule is CCCC.COC(CC(=O)N1CCCC1C(OC)C(C)C(=O)NC(C)C(OC(=O)c1ccc(C(C)=O)cc1)c1ccccc1)CN(C)C(=O)[C@@H](NC(=O)C(C(C)C)N(C)C)C(C)C. The van der Waals surface area contributed by atoms with Crippen molar-refractivity contribution in [3.8, 4) is 0 Å². The van der Waals surface area contributed by atoms with E-state index in [1.807, 2.05) is 77.0 Å². The molecule has 0 saturated carbocycles. The lowest BCUT2D eigenvalue weighted by molar-refractivity contribution is -0.144. The van der Waals surface area contributed by atoms with Gasteiger partial charge in [-0.15, -0.1) is 0 Å². The molecule has 8 atom stereocenters. The minimum atomic E-state index is -0.837. The van der Waals surface area contributed by atoms with E-state index in [9.17, 15) is 28.8 Å². The predicted molar refractivity (Wildman–Crippen MR) is 246 cm³/mol. The van der Waals surface area contributed by atoms with Gasteiger partial charge in [0, 0.05) is 39.9 Å². The molecule has 63 heavy (non-hydrogen) atoms. The van der Waals surface area contributed by atoms with E-state index in [1.54, 1.807) is 37.9 Å². The number of benzene rings is 2. The van der Waals surface area contributed by atoms with Crippen molar-refractivity contribution >= 4 is 35.4 Å². The zero-order valence-corrected chi connectivity index (χ0v) is 40.4. The summed E-state index contributed by atoms with van der Waals surface area (Å²) in [4.78, 5) is 84.9. The number of likely N-dealkylation sites (N-methyl/N-ethyl adjacent to an activating group) is 2. The first-order valence-electron chi connectivity index (χ1n) is 22.5. The van der Waals surface area contributed by atoms with Gasteiger partial charge in [-0.1, -0.05) is 104 Å². The summed E-state index contributed by atoms with van der Waals surface area (Å²) in [6.07, 6.45) is 1.87. The molecule has 14 nitrogen and oxygen atoms in total. The molecule has 1 aliphatic rings. The largest absolute Gasteiger partial charge is 0.452 e. The summed E-state index contributed by atoms with van der Waals surface area (Å²) in [5, 5.41) is 5.99. The molecule has 1 heterocycles. The van der Waals surface area contributed by atoms with Crippen LogP contribution in [0.25, 0.3) is 0 Å². The van der Waals surface area contributed by atoms with E-state index in [0.717, 1.165) is 6.42 Å². The number of likely N-dealkylation sites (tertiary alicyclic amines) is 1. The highest BCUT2D eigenvalue weighted by Crippen LogP contribution is 2.29. The molecule has 2 aromatic rings. The van der Waals surface area contributed by atoms with Crippen molar-refractivity contribution in [2.75, 3.05) is 48.5 Å². The Balaban J connectivity index is 0.00000326. The van der Waals surface area contributed by atoms with E-state index in [2.05, 4.69) is 24.5 Å². The summed E-state index contributed by atoms with van der Waals surface area (Å²) < 4.78 is 17.6. The Hall–Kier alpha value is -4.66. The summed E-state index contributed by atoms with van der Waals surface area (Å²) in [7, 11) is 8.34. The number of carbonyl (C=O) groups excluding carboxylic acids is 6. The molecule has 0 aromatic heterocycles. The highest BCUT2D eigenvalue weighted by atomic mass is 16.5. The molecule has 1 saturated heterocycles. The Bertz CT molecular complexity index is 1740. The van der Waals surface area contributed by atoms with E-state index >= 15 is 0 Å². The number of ether oxygens (including phenoxy) is 3.